The second kappa shape index (κ2) is 5.23. The Kier molecular flexibility index (Phi) is 3.29. The largest absolute Gasteiger partial charge is 0.379 e. The maximum atomic E-state index is 14.5. The van der Waals surface area contributed by atoms with Crippen LogP contribution in [-0.4, -0.2) is 34.2 Å². The highest BCUT2D eigenvalue weighted by Gasteiger charge is 2.52. The number of fused-ring (bicyclic) bond motifs is 1. The molecule has 2 atom stereocenters. The summed E-state index contributed by atoms with van der Waals surface area (Å²) >= 11 is 1.51. The first-order valence-corrected chi connectivity index (χ1v) is 8.35. The number of rotatable bonds is 2. The molecular formula is C15H16FN5OS. The van der Waals surface area contributed by atoms with Gasteiger partial charge in [-0.25, -0.2) is 9.38 Å². The van der Waals surface area contributed by atoms with Crippen molar-refractivity contribution >= 4 is 22.9 Å². The predicted octanol–water partition coefficient (Wildman–Crippen LogP) is 1.91. The zero-order valence-electron chi connectivity index (χ0n) is 12.6. The molecule has 0 radical (unpaired) electrons. The van der Waals surface area contributed by atoms with E-state index in [2.05, 4.69) is 15.1 Å². The van der Waals surface area contributed by atoms with Crippen molar-refractivity contribution in [2.75, 3.05) is 23.7 Å². The fraction of sp³-hybridized carbons (Fsp3) is 0.400. The number of aliphatic imine (C=N–C) groups is 1. The predicted molar refractivity (Wildman–Crippen MR) is 86.9 cm³/mol. The molecule has 2 aliphatic rings. The number of nitrogens with zero attached hydrogens (tertiary/aromatic N) is 4. The summed E-state index contributed by atoms with van der Waals surface area (Å²) in [6, 6.07) is 6.78. The van der Waals surface area contributed by atoms with E-state index in [9.17, 15) is 4.39 Å². The van der Waals surface area contributed by atoms with Crippen molar-refractivity contribution in [3.8, 4) is 0 Å². The minimum absolute atomic E-state index is 0.135. The number of nitrogens with two attached hydrogens (primary N) is 1. The van der Waals surface area contributed by atoms with Crippen LogP contribution < -0.4 is 10.6 Å². The fourth-order valence-corrected chi connectivity index (χ4v) is 4.36. The molecule has 0 spiro atoms. The molecule has 0 aliphatic carbocycles. The van der Waals surface area contributed by atoms with E-state index >= 15 is 0 Å². The van der Waals surface area contributed by atoms with Crippen LogP contribution >= 0.6 is 11.8 Å². The molecule has 0 bridgehead atoms. The van der Waals surface area contributed by atoms with Gasteiger partial charge in [0.2, 0.25) is 5.89 Å². The van der Waals surface area contributed by atoms with Gasteiger partial charge in [-0.2, -0.15) is 4.98 Å². The number of thioether (sulfide) groups is 1. The quantitative estimate of drug-likeness (QED) is 0.904. The zero-order valence-corrected chi connectivity index (χ0v) is 13.4. The van der Waals surface area contributed by atoms with Crippen molar-refractivity contribution in [2.45, 2.75) is 12.5 Å². The van der Waals surface area contributed by atoms with Crippen molar-refractivity contribution in [2.24, 2.45) is 16.6 Å². The number of hydrogen-bond donors (Lipinski definition) is 1. The van der Waals surface area contributed by atoms with E-state index in [1.807, 2.05) is 11.0 Å². The first-order chi connectivity index (χ1) is 11.1. The highest BCUT2D eigenvalue weighted by molar-refractivity contribution is 8.13. The molecule has 6 nitrogen and oxygen atoms in total. The van der Waals surface area contributed by atoms with Gasteiger partial charge in [0.05, 0.1) is 6.54 Å². The maximum Gasteiger partial charge on any atom is 0.266 e. The second-order valence-electron chi connectivity index (χ2n) is 5.86. The van der Waals surface area contributed by atoms with Crippen LogP contribution in [0.3, 0.4) is 0 Å². The summed E-state index contributed by atoms with van der Waals surface area (Å²) in [5.74, 6) is 1.69. The van der Waals surface area contributed by atoms with Crippen molar-refractivity contribution in [1.29, 1.82) is 0 Å². The Hall–Kier alpha value is -2.09. The lowest BCUT2D eigenvalue weighted by molar-refractivity contribution is 0.370. The molecule has 2 aliphatic heterocycles. The second-order valence-corrected chi connectivity index (χ2v) is 6.90. The molecule has 0 amide bonds. The molecule has 1 aromatic carbocycles. The van der Waals surface area contributed by atoms with Crippen LogP contribution in [0.5, 0.6) is 0 Å². The SMILES string of the molecule is Cc1nc(N2C[C@H]3CSC(N)=N[C@@]3(c3ccccc3F)C2)no1. The number of hydrogen-bond acceptors (Lipinski definition) is 7. The molecule has 1 fully saturated rings. The van der Waals surface area contributed by atoms with Gasteiger partial charge < -0.3 is 15.2 Å². The van der Waals surface area contributed by atoms with E-state index in [0.29, 0.717) is 35.7 Å². The summed E-state index contributed by atoms with van der Waals surface area (Å²) in [6.07, 6.45) is 0. The van der Waals surface area contributed by atoms with Gasteiger partial charge in [-0.3, -0.25) is 0 Å². The van der Waals surface area contributed by atoms with Crippen LogP contribution in [0.4, 0.5) is 10.3 Å². The Morgan fingerprint density at radius 3 is 3.00 bits per heavy atom. The van der Waals surface area contributed by atoms with Crippen LogP contribution in [-0.2, 0) is 5.54 Å². The van der Waals surface area contributed by atoms with Gasteiger partial charge in [0.1, 0.15) is 11.4 Å². The van der Waals surface area contributed by atoms with Crippen molar-refractivity contribution < 1.29 is 8.91 Å². The number of anilines is 1. The van der Waals surface area contributed by atoms with Crippen LogP contribution in [0.25, 0.3) is 0 Å². The van der Waals surface area contributed by atoms with E-state index in [4.69, 9.17) is 10.3 Å². The van der Waals surface area contributed by atoms with Gasteiger partial charge >= 0.3 is 0 Å². The number of amidine groups is 1. The molecule has 23 heavy (non-hydrogen) atoms. The molecule has 1 aromatic heterocycles. The van der Waals surface area contributed by atoms with E-state index < -0.39 is 5.54 Å². The standard InChI is InChI=1S/C15H16FN5OS/c1-9-18-14(20-22-9)21-6-10-7-23-13(17)19-15(10,8-21)11-4-2-3-5-12(11)16/h2-5,10H,6-8H2,1H3,(H2,17,19)/t10-,15-/m0/s1. The highest BCUT2D eigenvalue weighted by atomic mass is 32.2. The fourth-order valence-electron chi connectivity index (χ4n) is 3.38. The molecule has 0 unspecified atom stereocenters. The van der Waals surface area contributed by atoms with Crippen LogP contribution in [0.2, 0.25) is 0 Å². The molecule has 4 rings (SSSR count). The molecule has 120 valence electrons. The maximum absolute atomic E-state index is 14.5. The van der Waals surface area contributed by atoms with Crippen molar-refractivity contribution in [3.63, 3.8) is 0 Å². The summed E-state index contributed by atoms with van der Waals surface area (Å²) in [5.41, 5.74) is 5.85. The Balaban J connectivity index is 1.80. The number of halogens is 1. The van der Waals surface area contributed by atoms with Gasteiger partial charge in [0.15, 0.2) is 5.17 Å². The average molecular weight is 333 g/mol. The summed E-state index contributed by atoms with van der Waals surface area (Å²) in [5, 5.41) is 4.48. The molecule has 3 heterocycles. The third-order valence-electron chi connectivity index (χ3n) is 4.43. The zero-order chi connectivity index (χ0) is 16.0. The van der Waals surface area contributed by atoms with Gasteiger partial charge in [0, 0.05) is 30.7 Å². The summed E-state index contributed by atoms with van der Waals surface area (Å²) < 4.78 is 19.6. The first-order valence-electron chi connectivity index (χ1n) is 7.37. The smallest absolute Gasteiger partial charge is 0.266 e. The normalized spacial score (nSPS) is 27.0. The van der Waals surface area contributed by atoms with E-state index in [0.717, 1.165) is 5.75 Å². The molecule has 0 saturated carbocycles. The lowest BCUT2D eigenvalue weighted by Crippen LogP contribution is -2.40. The van der Waals surface area contributed by atoms with Crippen LogP contribution in [0, 0.1) is 18.7 Å². The van der Waals surface area contributed by atoms with Gasteiger partial charge in [-0.15, -0.1) is 0 Å². The average Bonchev–Trinajstić information content (AvgIpc) is 3.11. The Morgan fingerprint density at radius 1 is 1.43 bits per heavy atom. The van der Waals surface area contributed by atoms with Crippen molar-refractivity contribution in [1.82, 2.24) is 10.1 Å². The highest BCUT2D eigenvalue weighted by Crippen LogP contribution is 2.46. The minimum Gasteiger partial charge on any atom is -0.379 e. The Labute approximate surface area is 137 Å². The van der Waals surface area contributed by atoms with Gasteiger partial charge in [-0.1, -0.05) is 30.0 Å². The van der Waals surface area contributed by atoms with Gasteiger partial charge in [-0.05, 0) is 11.2 Å². The summed E-state index contributed by atoms with van der Waals surface area (Å²) in [4.78, 5) is 11.0. The van der Waals surface area contributed by atoms with E-state index in [-0.39, 0.29) is 11.7 Å². The molecule has 1 saturated heterocycles. The Bertz CT molecular complexity index is 779. The van der Waals surface area contributed by atoms with Gasteiger partial charge in [0.25, 0.3) is 5.95 Å². The van der Waals surface area contributed by atoms with Crippen molar-refractivity contribution in [3.05, 3.63) is 41.5 Å². The Morgan fingerprint density at radius 2 is 2.26 bits per heavy atom. The molecule has 8 heteroatoms. The third kappa shape index (κ3) is 2.28. The number of aromatic nitrogens is 2. The number of benzene rings is 1. The number of aryl methyl sites for hydroxylation is 1. The lowest BCUT2D eigenvalue weighted by atomic mass is 9.81. The van der Waals surface area contributed by atoms with E-state index in [1.165, 1.54) is 17.8 Å². The van der Waals surface area contributed by atoms with Crippen LogP contribution in [0.15, 0.2) is 33.8 Å². The minimum atomic E-state index is -0.699. The monoisotopic (exact) mass is 333 g/mol. The summed E-state index contributed by atoms with van der Waals surface area (Å²) in [6.45, 7) is 2.92. The topological polar surface area (TPSA) is 80.5 Å². The van der Waals surface area contributed by atoms with E-state index in [1.54, 1.807) is 19.1 Å². The molecular weight excluding hydrogens is 317 g/mol. The first kappa shape index (κ1) is 14.5. The lowest BCUT2D eigenvalue weighted by Gasteiger charge is -2.34. The third-order valence-corrected chi connectivity index (χ3v) is 5.39. The van der Waals surface area contributed by atoms with Crippen LogP contribution in [0.1, 0.15) is 11.5 Å². The molecule has 2 N–H and O–H groups in total. The molecule has 2 aromatic rings. The summed E-state index contributed by atoms with van der Waals surface area (Å²) in [7, 11) is 0.